The maximum Gasteiger partial charge on any atom is 0.335 e. The summed E-state index contributed by atoms with van der Waals surface area (Å²) in [5.41, 5.74) is 5.55. The van der Waals surface area contributed by atoms with Crippen molar-refractivity contribution in [2.24, 2.45) is 0 Å². The van der Waals surface area contributed by atoms with Crippen LogP contribution < -0.4 is 5.32 Å². The third-order valence-corrected chi connectivity index (χ3v) is 5.37. The number of halogens is 1. The Balaban J connectivity index is 1.54. The van der Waals surface area contributed by atoms with Crippen LogP contribution in [0.4, 0.5) is 5.95 Å². The van der Waals surface area contributed by atoms with Gasteiger partial charge in [-0.2, -0.15) is 0 Å². The molecule has 2 N–H and O–H groups in total. The molecule has 0 fully saturated rings. The minimum Gasteiger partial charge on any atom is -0.478 e. The van der Waals surface area contributed by atoms with Crippen molar-refractivity contribution < 1.29 is 9.90 Å². The summed E-state index contributed by atoms with van der Waals surface area (Å²) in [5.74, 6) is -0.318. The average Bonchev–Trinajstić information content (AvgIpc) is 2.67. The Labute approximate surface area is 168 Å². The van der Waals surface area contributed by atoms with Gasteiger partial charge in [0.1, 0.15) is 0 Å². The highest BCUT2D eigenvalue weighted by Crippen LogP contribution is 2.27. The highest BCUT2D eigenvalue weighted by molar-refractivity contribution is 6.30. The van der Waals surface area contributed by atoms with Crippen molar-refractivity contribution in [3.63, 3.8) is 0 Å². The van der Waals surface area contributed by atoms with Crippen molar-refractivity contribution >= 4 is 23.5 Å². The number of rotatable bonds is 4. The number of hydrogen-bond donors (Lipinski definition) is 2. The van der Waals surface area contributed by atoms with Gasteiger partial charge in [0.05, 0.1) is 11.3 Å². The maximum absolute atomic E-state index is 11.2. The fourth-order valence-corrected chi connectivity index (χ4v) is 3.92. The highest BCUT2D eigenvalue weighted by atomic mass is 35.5. The molecular weight excluding hydrogens is 374 g/mol. The van der Waals surface area contributed by atoms with Gasteiger partial charge in [-0.1, -0.05) is 23.7 Å². The Hall–Kier alpha value is -2.92. The Bertz CT molecular complexity index is 1050. The predicted molar refractivity (Wildman–Crippen MR) is 110 cm³/mol. The van der Waals surface area contributed by atoms with Gasteiger partial charge in [0.15, 0.2) is 0 Å². The van der Waals surface area contributed by atoms with Crippen LogP contribution in [0.1, 0.15) is 33.5 Å². The zero-order valence-electron chi connectivity index (χ0n) is 15.4. The first kappa shape index (κ1) is 18.4. The highest BCUT2D eigenvalue weighted by Gasteiger charge is 2.20. The van der Waals surface area contributed by atoms with E-state index in [1.165, 1.54) is 5.56 Å². The van der Waals surface area contributed by atoms with Gasteiger partial charge in [-0.3, -0.25) is 0 Å². The lowest BCUT2D eigenvalue weighted by Crippen LogP contribution is -2.28. The monoisotopic (exact) mass is 393 g/mol. The molecule has 0 saturated carbocycles. The summed E-state index contributed by atoms with van der Waals surface area (Å²) in [7, 11) is 0. The van der Waals surface area contributed by atoms with Gasteiger partial charge in [-0.05, 0) is 73.2 Å². The van der Waals surface area contributed by atoms with Crippen LogP contribution in [-0.4, -0.2) is 27.1 Å². The number of benzene rings is 2. The van der Waals surface area contributed by atoms with Gasteiger partial charge in [-0.15, -0.1) is 0 Å². The van der Waals surface area contributed by atoms with E-state index in [4.69, 9.17) is 11.6 Å². The lowest BCUT2D eigenvalue weighted by Gasteiger charge is -2.26. The number of aromatic carboxylic acids is 1. The number of nitrogens with zero attached hydrogens (tertiary/aromatic N) is 2. The van der Waals surface area contributed by atoms with Gasteiger partial charge in [0, 0.05) is 22.8 Å². The van der Waals surface area contributed by atoms with E-state index in [0.717, 1.165) is 41.6 Å². The van der Waals surface area contributed by atoms with E-state index < -0.39 is 5.97 Å². The van der Waals surface area contributed by atoms with Crippen molar-refractivity contribution in [2.75, 3.05) is 5.32 Å². The van der Waals surface area contributed by atoms with Crippen LogP contribution >= 0.6 is 11.6 Å². The predicted octanol–water partition coefficient (Wildman–Crippen LogP) is 4.77. The largest absolute Gasteiger partial charge is 0.478 e. The van der Waals surface area contributed by atoms with Crippen LogP contribution in [0, 0.1) is 6.92 Å². The molecule has 0 aliphatic heterocycles. The third kappa shape index (κ3) is 3.85. The molecule has 3 aromatic rings. The van der Waals surface area contributed by atoms with E-state index in [9.17, 15) is 9.90 Å². The van der Waals surface area contributed by atoms with E-state index in [1.807, 2.05) is 37.3 Å². The number of carboxylic acid groups (broad SMARTS) is 1. The number of anilines is 1. The fourth-order valence-electron chi connectivity index (χ4n) is 3.69. The standard InChI is InChI=1S/C22H20ClN3O2/c1-13-10-17(23)5-7-19(13)20-8-9-24-22(26-20)25-18-6-4-14-2-3-15(21(27)28)11-16(14)12-18/h2-3,5,7-11,18H,4,6,12H2,1H3,(H,27,28)(H,24,25,26). The van der Waals surface area contributed by atoms with E-state index in [0.29, 0.717) is 16.5 Å². The molecule has 1 unspecified atom stereocenters. The van der Waals surface area contributed by atoms with Crippen molar-refractivity contribution in [1.29, 1.82) is 0 Å². The van der Waals surface area contributed by atoms with Gasteiger partial charge in [-0.25, -0.2) is 14.8 Å². The molecule has 4 rings (SSSR count). The molecule has 0 saturated heterocycles. The number of fused-ring (bicyclic) bond motifs is 1. The first-order chi connectivity index (χ1) is 13.5. The molecule has 1 atom stereocenters. The molecule has 142 valence electrons. The Kier molecular flexibility index (Phi) is 5.01. The molecule has 0 amide bonds. The zero-order valence-corrected chi connectivity index (χ0v) is 16.2. The lowest BCUT2D eigenvalue weighted by atomic mass is 9.87. The Morgan fingerprint density at radius 1 is 1.18 bits per heavy atom. The fraction of sp³-hybridized carbons (Fsp3) is 0.227. The molecule has 1 aliphatic rings. The quantitative estimate of drug-likeness (QED) is 0.667. The van der Waals surface area contributed by atoms with Gasteiger partial charge in [0.25, 0.3) is 0 Å². The van der Waals surface area contributed by atoms with Crippen molar-refractivity contribution in [1.82, 2.24) is 9.97 Å². The molecule has 1 aromatic heterocycles. The summed E-state index contributed by atoms with van der Waals surface area (Å²) in [4.78, 5) is 20.3. The number of hydrogen-bond acceptors (Lipinski definition) is 4. The third-order valence-electron chi connectivity index (χ3n) is 5.13. The van der Waals surface area contributed by atoms with Crippen LogP contribution in [0.5, 0.6) is 0 Å². The van der Waals surface area contributed by atoms with E-state index in [1.54, 1.807) is 18.3 Å². The van der Waals surface area contributed by atoms with Crippen molar-refractivity contribution in [2.45, 2.75) is 32.2 Å². The summed E-state index contributed by atoms with van der Waals surface area (Å²) >= 11 is 6.05. The van der Waals surface area contributed by atoms with Crippen molar-refractivity contribution in [3.8, 4) is 11.3 Å². The maximum atomic E-state index is 11.2. The minimum atomic E-state index is -0.896. The molecule has 0 spiro atoms. The summed E-state index contributed by atoms with van der Waals surface area (Å²) < 4.78 is 0. The van der Waals surface area contributed by atoms with Crippen LogP contribution in [0.2, 0.25) is 5.02 Å². The smallest absolute Gasteiger partial charge is 0.335 e. The lowest BCUT2D eigenvalue weighted by molar-refractivity contribution is 0.0696. The molecule has 6 heteroatoms. The molecule has 2 aromatic carbocycles. The molecule has 0 bridgehead atoms. The number of aryl methyl sites for hydroxylation is 2. The van der Waals surface area contributed by atoms with E-state index in [2.05, 4.69) is 15.3 Å². The minimum absolute atomic E-state index is 0.165. The first-order valence-electron chi connectivity index (χ1n) is 9.21. The second-order valence-electron chi connectivity index (χ2n) is 7.10. The second kappa shape index (κ2) is 7.60. The zero-order chi connectivity index (χ0) is 19.7. The van der Waals surface area contributed by atoms with Crippen LogP contribution in [0.3, 0.4) is 0 Å². The van der Waals surface area contributed by atoms with Crippen molar-refractivity contribution in [3.05, 3.63) is 75.9 Å². The molecule has 5 nitrogen and oxygen atoms in total. The molecular formula is C22H20ClN3O2. The van der Waals surface area contributed by atoms with Crippen LogP contribution in [0.25, 0.3) is 11.3 Å². The summed E-state index contributed by atoms with van der Waals surface area (Å²) in [6.07, 6.45) is 4.36. The number of carboxylic acids is 1. The molecule has 1 aliphatic carbocycles. The summed E-state index contributed by atoms with van der Waals surface area (Å²) in [5, 5.41) is 13.3. The van der Waals surface area contributed by atoms with Crippen LogP contribution in [0.15, 0.2) is 48.7 Å². The van der Waals surface area contributed by atoms with E-state index in [-0.39, 0.29) is 6.04 Å². The summed E-state index contributed by atoms with van der Waals surface area (Å²) in [6.45, 7) is 2.01. The van der Waals surface area contributed by atoms with E-state index >= 15 is 0 Å². The normalized spacial score (nSPS) is 15.7. The van der Waals surface area contributed by atoms with Gasteiger partial charge in [0.2, 0.25) is 5.95 Å². The molecule has 0 radical (unpaired) electrons. The SMILES string of the molecule is Cc1cc(Cl)ccc1-c1ccnc(NC2CCc3ccc(C(=O)O)cc3C2)n1. The Morgan fingerprint density at radius 3 is 2.82 bits per heavy atom. The average molecular weight is 394 g/mol. The molecule has 28 heavy (non-hydrogen) atoms. The second-order valence-corrected chi connectivity index (χ2v) is 7.53. The first-order valence-corrected chi connectivity index (χ1v) is 9.58. The number of nitrogens with one attached hydrogen (secondary N) is 1. The Morgan fingerprint density at radius 2 is 2.04 bits per heavy atom. The molecule has 1 heterocycles. The summed E-state index contributed by atoms with van der Waals surface area (Å²) in [6, 6.07) is 13.2. The van der Waals surface area contributed by atoms with Gasteiger partial charge >= 0.3 is 5.97 Å². The van der Waals surface area contributed by atoms with Crippen LogP contribution in [-0.2, 0) is 12.8 Å². The topological polar surface area (TPSA) is 75.1 Å². The van der Waals surface area contributed by atoms with Gasteiger partial charge < -0.3 is 10.4 Å². The number of carbonyl (C=O) groups is 1. The number of aromatic nitrogens is 2.